The topological polar surface area (TPSA) is 83.7 Å². The van der Waals surface area contributed by atoms with E-state index in [0.717, 1.165) is 5.56 Å². The van der Waals surface area contributed by atoms with Gasteiger partial charge >= 0.3 is 0 Å². The van der Waals surface area contributed by atoms with E-state index < -0.39 is 15.6 Å². The van der Waals surface area contributed by atoms with Crippen molar-refractivity contribution in [1.82, 2.24) is 9.21 Å². The molecule has 2 aromatic carbocycles. The van der Waals surface area contributed by atoms with Gasteiger partial charge in [-0.05, 0) is 31.0 Å². The Kier molecular flexibility index (Phi) is 7.22. The van der Waals surface area contributed by atoms with Crippen LogP contribution in [0.1, 0.15) is 18.9 Å². The van der Waals surface area contributed by atoms with E-state index in [1.165, 1.54) is 4.31 Å². The minimum Gasteiger partial charge on any atom is -0.339 e. The summed E-state index contributed by atoms with van der Waals surface area (Å²) in [6.07, 6.45) is 0.572. The summed E-state index contributed by atoms with van der Waals surface area (Å²) in [5.74, 6) is -0.187. The maximum absolute atomic E-state index is 13.0. The number of halogens is 1. The van der Waals surface area contributed by atoms with E-state index in [1.54, 1.807) is 42.2 Å². The Balaban J connectivity index is 0.00000280. The van der Waals surface area contributed by atoms with Crippen molar-refractivity contribution in [2.75, 3.05) is 26.2 Å². The molecule has 1 fully saturated rings. The fourth-order valence-corrected chi connectivity index (χ4v) is 4.81. The van der Waals surface area contributed by atoms with Crippen LogP contribution >= 0.6 is 12.4 Å². The number of carbonyl (C=O) groups is 1. The second kappa shape index (κ2) is 9.05. The highest BCUT2D eigenvalue weighted by Crippen LogP contribution is 2.23. The summed E-state index contributed by atoms with van der Waals surface area (Å²) in [6.45, 7) is 3.15. The van der Waals surface area contributed by atoms with Crippen LogP contribution in [0.2, 0.25) is 0 Å². The van der Waals surface area contributed by atoms with Crippen LogP contribution in [0.5, 0.6) is 0 Å². The number of benzene rings is 2. The zero-order valence-corrected chi connectivity index (χ0v) is 17.5. The fourth-order valence-electron chi connectivity index (χ4n) is 3.32. The van der Waals surface area contributed by atoms with Gasteiger partial charge in [0.1, 0.15) is 5.54 Å². The molecule has 1 aliphatic rings. The molecule has 0 saturated carbocycles. The summed E-state index contributed by atoms with van der Waals surface area (Å²) in [6, 6.07) is 17.6. The van der Waals surface area contributed by atoms with Crippen molar-refractivity contribution in [3.63, 3.8) is 0 Å². The van der Waals surface area contributed by atoms with Gasteiger partial charge in [0.05, 0.1) is 4.90 Å². The first-order valence-corrected chi connectivity index (χ1v) is 10.5. The monoisotopic (exact) mass is 423 g/mol. The van der Waals surface area contributed by atoms with Gasteiger partial charge in [0, 0.05) is 26.2 Å². The van der Waals surface area contributed by atoms with Crippen LogP contribution in [0.4, 0.5) is 0 Å². The number of sulfonamides is 1. The lowest BCUT2D eigenvalue weighted by Crippen LogP contribution is -2.51. The molecule has 0 aromatic heterocycles. The Morgan fingerprint density at radius 2 is 1.50 bits per heavy atom. The number of carbonyl (C=O) groups excluding carboxylic acids is 1. The molecular formula is C20H26ClN3O3S. The van der Waals surface area contributed by atoms with E-state index in [-0.39, 0.29) is 29.8 Å². The van der Waals surface area contributed by atoms with E-state index in [0.29, 0.717) is 26.1 Å². The van der Waals surface area contributed by atoms with Crippen molar-refractivity contribution in [3.05, 3.63) is 66.2 Å². The third kappa shape index (κ3) is 4.55. The van der Waals surface area contributed by atoms with E-state index in [9.17, 15) is 13.2 Å². The lowest BCUT2D eigenvalue weighted by molar-refractivity contribution is -0.136. The highest BCUT2D eigenvalue weighted by atomic mass is 35.5. The number of nitrogens with zero attached hydrogens (tertiary/aromatic N) is 2. The average molecular weight is 424 g/mol. The smallest absolute Gasteiger partial charge is 0.247 e. The summed E-state index contributed by atoms with van der Waals surface area (Å²) in [4.78, 5) is 15.0. The molecule has 152 valence electrons. The standard InChI is InChI=1S/C20H25N3O3S.ClH/c1-20(21,17-9-4-2-5-10-17)19(24)22-13-8-14-23(16-15-22)27(25,26)18-11-6-3-7-12-18;/h2-7,9-12H,8,13-16,21H2,1H3;1H. The summed E-state index contributed by atoms with van der Waals surface area (Å²) in [5, 5.41) is 0. The zero-order chi connectivity index (χ0) is 19.5. The van der Waals surface area contributed by atoms with E-state index in [2.05, 4.69) is 0 Å². The lowest BCUT2D eigenvalue weighted by atomic mass is 9.91. The first-order chi connectivity index (χ1) is 12.8. The molecule has 3 rings (SSSR count). The second-order valence-corrected chi connectivity index (χ2v) is 8.87. The maximum Gasteiger partial charge on any atom is 0.247 e. The quantitative estimate of drug-likeness (QED) is 0.817. The molecule has 1 unspecified atom stereocenters. The summed E-state index contributed by atoms with van der Waals surface area (Å²) >= 11 is 0. The van der Waals surface area contributed by atoms with Crippen molar-refractivity contribution >= 4 is 28.3 Å². The van der Waals surface area contributed by atoms with Crippen molar-refractivity contribution in [2.45, 2.75) is 23.8 Å². The molecule has 28 heavy (non-hydrogen) atoms. The lowest BCUT2D eigenvalue weighted by Gasteiger charge is -2.31. The van der Waals surface area contributed by atoms with Crippen LogP contribution < -0.4 is 5.73 Å². The van der Waals surface area contributed by atoms with Gasteiger partial charge in [-0.2, -0.15) is 4.31 Å². The summed E-state index contributed by atoms with van der Waals surface area (Å²) in [5.41, 5.74) is 5.95. The number of hydrogen-bond acceptors (Lipinski definition) is 4. The van der Waals surface area contributed by atoms with Crippen molar-refractivity contribution in [2.24, 2.45) is 5.73 Å². The van der Waals surface area contributed by atoms with Gasteiger partial charge in [0.2, 0.25) is 15.9 Å². The predicted octanol–water partition coefficient (Wildman–Crippen LogP) is 2.21. The third-order valence-electron chi connectivity index (χ3n) is 4.94. The SMILES string of the molecule is CC(N)(C(=O)N1CCCN(S(=O)(=O)c2ccccc2)CC1)c1ccccc1.Cl. The molecule has 1 aliphatic heterocycles. The fraction of sp³-hybridized carbons (Fsp3) is 0.350. The van der Waals surface area contributed by atoms with Gasteiger partial charge in [0.15, 0.2) is 0 Å². The maximum atomic E-state index is 13.0. The number of rotatable bonds is 4. The van der Waals surface area contributed by atoms with Crippen LogP contribution in [-0.2, 0) is 20.4 Å². The third-order valence-corrected chi connectivity index (χ3v) is 6.85. The van der Waals surface area contributed by atoms with E-state index in [1.807, 2.05) is 30.3 Å². The van der Waals surface area contributed by atoms with Crippen LogP contribution in [0.15, 0.2) is 65.6 Å². The van der Waals surface area contributed by atoms with Crippen LogP contribution in [0.25, 0.3) is 0 Å². The molecule has 8 heteroatoms. The Bertz CT molecular complexity index is 889. The van der Waals surface area contributed by atoms with Gasteiger partial charge in [0.25, 0.3) is 0 Å². The van der Waals surface area contributed by atoms with Gasteiger partial charge in [-0.25, -0.2) is 8.42 Å². The largest absolute Gasteiger partial charge is 0.339 e. The van der Waals surface area contributed by atoms with Crippen molar-refractivity contribution in [1.29, 1.82) is 0 Å². The predicted molar refractivity (Wildman–Crippen MR) is 112 cm³/mol. The normalized spacial score (nSPS) is 17.9. The molecule has 1 saturated heterocycles. The van der Waals surface area contributed by atoms with Crippen LogP contribution in [-0.4, -0.2) is 49.7 Å². The molecule has 1 heterocycles. The second-order valence-electron chi connectivity index (χ2n) is 6.93. The number of amides is 1. The highest BCUT2D eigenvalue weighted by Gasteiger charge is 2.36. The zero-order valence-electron chi connectivity index (χ0n) is 15.8. The molecule has 0 spiro atoms. The van der Waals surface area contributed by atoms with Crippen LogP contribution in [0.3, 0.4) is 0 Å². The first kappa shape index (κ1) is 22.4. The molecule has 0 aliphatic carbocycles. The number of hydrogen-bond donors (Lipinski definition) is 1. The molecule has 0 radical (unpaired) electrons. The van der Waals surface area contributed by atoms with Crippen molar-refractivity contribution in [3.8, 4) is 0 Å². The Morgan fingerprint density at radius 3 is 2.11 bits per heavy atom. The molecule has 0 bridgehead atoms. The Morgan fingerprint density at radius 1 is 0.929 bits per heavy atom. The van der Waals surface area contributed by atoms with Crippen molar-refractivity contribution < 1.29 is 13.2 Å². The van der Waals surface area contributed by atoms with E-state index >= 15 is 0 Å². The van der Waals surface area contributed by atoms with Gasteiger partial charge in [-0.15, -0.1) is 12.4 Å². The Labute approximate surface area is 172 Å². The minimum atomic E-state index is -3.56. The van der Waals surface area contributed by atoms with E-state index in [4.69, 9.17) is 5.73 Å². The number of nitrogens with two attached hydrogens (primary N) is 1. The van der Waals surface area contributed by atoms with Gasteiger partial charge in [-0.1, -0.05) is 48.5 Å². The first-order valence-electron chi connectivity index (χ1n) is 9.02. The van der Waals surface area contributed by atoms with Gasteiger partial charge < -0.3 is 10.6 Å². The molecule has 1 amide bonds. The highest BCUT2D eigenvalue weighted by molar-refractivity contribution is 7.89. The molecule has 1 atom stereocenters. The van der Waals surface area contributed by atoms with Crippen LogP contribution in [0, 0.1) is 0 Å². The Hall–Kier alpha value is -1.93. The minimum absolute atomic E-state index is 0. The molecule has 2 N–H and O–H groups in total. The molecule has 6 nitrogen and oxygen atoms in total. The molecular weight excluding hydrogens is 398 g/mol. The average Bonchev–Trinajstić information content (AvgIpc) is 2.95. The summed E-state index contributed by atoms with van der Waals surface area (Å²) < 4.78 is 27.1. The summed E-state index contributed by atoms with van der Waals surface area (Å²) in [7, 11) is -3.56. The molecule has 2 aromatic rings. The van der Waals surface area contributed by atoms with Gasteiger partial charge in [-0.3, -0.25) is 4.79 Å².